The van der Waals surface area contributed by atoms with Crippen LogP contribution in [0.15, 0.2) is 77.9 Å². The van der Waals surface area contributed by atoms with Crippen molar-refractivity contribution in [3.05, 3.63) is 89.7 Å². The summed E-state index contributed by atoms with van der Waals surface area (Å²) in [6, 6.07) is 15.5. The van der Waals surface area contributed by atoms with Gasteiger partial charge in [-0.2, -0.15) is 0 Å². The van der Waals surface area contributed by atoms with Gasteiger partial charge in [0.25, 0.3) is 0 Å². The quantitative estimate of drug-likeness (QED) is 0.547. The Balaban J connectivity index is 2.34. The molecule has 0 aromatic heterocycles. The lowest BCUT2D eigenvalue weighted by atomic mass is 10.0. The van der Waals surface area contributed by atoms with Gasteiger partial charge in [0.2, 0.25) is 0 Å². The maximum Gasteiger partial charge on any atom is 0.125 e. The van der Waals surface area contributed by atoms with Gasteiger partial charge in [-0.15, -0.1) is 0 Å². The number of aryl methyl sites for hydroxylation is 2. The van der Waals surface area contributed by atoms with E-state index >= 15 is 0 Å². The van der Waals surface area contributed by atoms with Gasteiger partial charge in [-0.3, -0.25) is 0 Å². The van der Waals surface area contributed by atoms with Crippen LogP contribution in [0.3, 0.4) is 0 Å². The molecule has 2 aromatic carbocycles. The lowest BCUT2D eigenvalue weighted by molar-refractivity contribution is 0.206. The predicted octanol–water partition coefficient (Wildman–Crippen LogP) is 4.76. The van der Waals surface area contributed by atoms with E-state index in [0.29, 0.717) is 12.4 Å². The summed E-state index contributed by atoms with van der Waals surface area (Å²) in [6.07, 6.45) is 3.50. The first-order valence-electron chi connectivity index (χ1n) is 8.31. The fourth-order valence-corrected chi connectivity index (χ4v) is 3.38. The summed E-state index contributed by atoms with van der Waals surface area (Å²) in [5.74, 6) is 0.696. The summed E-state index contributed by atoms with van der Waals surface area (Å²) < 4.78 is 21.8. The van der Waals surface area contributed by atoms with E-state index in [2.05, 4.69) is 11.3 Å². The second-order valence-corrected chi connectivity index (χ2v) is 7.03. The van der Waals surface area contributed by atoms with Crippen molar-refractivity contribution >= 4 is 11.0 Å². The Morgan fingerprint density at radius 1 is 1.12 bits per heavy atom. The minimum Gasteiger partial charge on any atom is -0.496 e. The Morgan fingerprint density at radius 3 is 2.20 bits per heavy atom. The normalized spacial score (nSPS) is 14.0. The molecule has 1 N–H and O–H groups in total. The van der Waals surface area contributed by atoms with Crippen LogP contribution in [0.5, 0.6) is 0 Å². The van der Waals surface area contributed by atoms with Crippen molar-refractivity contribution in [2.75, 3.05) is 6.61 Å². The summed E-state index contributed by atoms with van der Waals surface area (Å²) in [4.78, 5) is 0.733. The molecule has 0 aliphatic carbocycles. The van der Waals surface area contributed by atoms with Gasteiger partial charge < -0.3 is 4.74 Å². The summed E-state index contributed by atoms with van der Waals surface area (Å²) in [6.45, 7) is 10.3. The topological polar surface area (TPSA) is 38.3 Å². The van der Waals surface area contributed by atoms with Gasteiger partial charge in [-0.1, -0.05) is 60.2 Å². The van der Waals surface area contributed by atoms with Crippen LogP contribution in [0.25, 0.3) is 0 Å². The number of benzene rings is 2. The molecule has 2 atom stereocenters. The molecule has 0 amide bonds. The molecule has 0 aliphatic heterocycles. The van der Waals surface area contributed by atoms with Crippen LogP contribution in [-0.4, -0.2) is 10.8 Å². The van der Waals surface area contributed by atoms with E-state index in [1.807, 2.05) is 75.4 Å². The first-order chi connectivity index (χ1) is 12.0. The molecule has 0 aliphatic rings. The van der Waals surface area contributed by atoms with E-state index < -0.39 is 11.0 Å². The first-order valence-corrected chi connectivity index (χ1v) is 9.46. The number of nitrogens with one attached hydrogen (secondary N) is 1. The molecule has 25 heavy (non-hydrogen) atoms. The highest BCUT2D eigenvalue weighted by molar-refractivity contribution is 7.83. The fourth-order valence-electron chi connectivity index (χ4n) is 2.40. The maximum absolute atomic E-state index is 12.8. The molecule has 0 spiro atoms. The summed E-state index contributed by atoms with van der Waals surface area (Å²) >= 11 is 0. The third-order valence-electron chi connectivity index (χ3n) is 3.75. The summed E-state index contributed by atoms with van der Waals surface area (Å²) in [7, 11) is -1.36. The molecule has 0 saturated carbocycles. The van der Waals surface area contributed by atoms with E-state index in [9.17, 15) is 4.21 Å². The number of ether oxygens (including phenoxy) is 1. The van der Waals surface area contributed by atoms with Crippen molar-refractivity contribution in [3.63, 3.8) is 0 Å². The Hall–Kier alpha value is -2.17. The van der Waals surface area contributed by atoms with E-state index in [1.54, 1.807) is 6.08 Å². The lowest BCUT2D eigenvalue weighted by Gasteiger charge is -2.22. The highest BCUT2D eigenvalue weighted by Crippen LogP contribution is 2.25. The van der Waals surface area contributed by atoms with Crippen LogP contribution in [0.2, 0.25) is 0 Å². The van der Waals surface area contributed by atoms with Crippen LogP contribution in [-0.2, 0) is 15.7 Å². The maximum atomic E-state index is 12.8. The van der Waals surface area contributed by atoms with Gasteiger partial charge in [0.15, 0.2) is 0 Å². The summed E-state index contributed by atoms with van der Waals surface area (Å²) in [5.41, 5.74) is 3.30. The van der Waals surface area contributed by atoms with Crippen molar-refractivity contribution in [1.29, 1.82) is 0 Å². The van der Waals surface area contributed by atoms with Crippen molar-refractivity contribution in [1.82, 2.24) is 4.72 Å². The SMILES string of the molecule is C=C/C=C(/OCC)[C@H](N[S@@](=O)c1ccc(C)cc1)c1ccc(C)cc1. The summed E-state index contributed by atoms with van der Waals surface area (Å²) in [5, 5.41) is 0. The molecule has 0 fully saturated rings. The van der Waals surface area contributed by atoms with Crippen LogP contribution in [0, 0.1) is 13.8 Å². The Kier molecular flexibility index (Phi) is 7.16. The third kappa shape index (κ3) is 5.41. The molecular weight excluding hydrogens is 330 g/mol. The van der Waals surface area contributed by atoms with Crippen LogP contribution >= 0.6 is 0 Å². The highest BCUT2D eigenvalue weighted by Gasteiger charge is 2.20. The zero-order chi connectivity index (χ0) is 18.2. The molecule has 4 heteroatoms. The van der Waals surface area contributed by atoms with E-state index in [4.69, 9.17) is 4.74 Å². The number of hydrogen-bond acceptors (Lipinski definition) is 2. The van der Waals surface area contributed by atoms with Crippen molar-refractivity contribution in [2.24, 2.45) is 0 Å². The van der Waals surface area contributed by atoms with E-state index in [-0.39, 0.29) is 6.04 Å². The van der Waals surface area contributed by atoms with Crippen molar-refractivity contribution in [2.45, 2.75) is 31.7 Å². The second-order valence-electron chi connectivity index (χ2n) is 5.78. The number of allylic oxidation sites excluding steroid dienone is 2. The number of hydrogen-bond donors (Lipinski definition) is 1. The fraction of sp³-hybridized carbons (Fsp3) is 0.238. The lowest BCUT2D eigenvalue weighted by Crippen LogP contribution is -2.26. The van der Waals surface area contributed by atoms with Crippen LogP contribution in [0.1, 0.15) is 29.7 Å². The first kappa shape index (κ1) is 19.2. The van der Waals surface area contributed by atoms with Crippen molar-refractivity contribution < 1.29 is 8.95 Å². The predicted molar refractivity (Wildman–Crippen MR) is 105 cm³/mol. The van der Waals surface area contributed by atoms with Gasteiger partial charge in [0, 0.05) is 0 Å². The van der Waals surface area contributed by atoms with E-state index in [0.717, 1.165) is 16.0 Å². The van der Waals surface area contributed by atoms with Gasteiger partial charge in [-0.05, 0) is 44.5 Å². The van der Waals surface area contributed by atoms with Crippen molar-refractivity contribution in [3.8, 4) is 0 Å². The highest BCUT2D eigenvalue weighted by atomic mass is 32.2. The molecule has 0 heterocycles. The second kappa shape index (κ2) is 9.35. The average Bonchev–Trinajstić information content (AvgIpc) is 2.61. The molecule has 0 unspecified atom stereocenters. The largest absolute Gasteiger partial charge is 0.496 e. The zero-order valence-electron chi connectivity index (χ0n) is 15.0. The molecule has 0 saturated heterocycles. The Labute approximate surface area is 153 Å². The molecule has 2 rings (SSSR count). The minimum absolute atomic E-state index is 0.319. The Bertz CT molecular complexity index is 748. The smallest absolute Gasteiger partial charge is 0.125 e. The Morgan fingerprint density at radius 2 is 1.68 bits per heavy atom. The van der Waals surface area contributed by atoms with Gasteiger partial charge in [-0.25, -0.2) is 8.93 Å². The van der Waals surface area contributed by atoms with Crippen LogP contribution in [0.4, 0.5) is 0 Å². The minimum atomic E-state index is -1.36. The molecule has 0 bridgehead atoms. The molecule has 132 valence electrons. The molecule has 2 aromatic rings. The third-order valence-corrected chi connectivity index (χ3v) is 4.90. The number of rotatable bonds is 8. The van der Waals surface area contributed by atoms with Gasteiger partial charge in [0.1, 0.15) is 22.8 Å². The molecule has 0 radical (unpaired) electrons. The van der Waals surface area contributed by atoms with Crippen LogP contribution < -0.4 is 4.72 Å². The monoisotopic (exact) mass is 355 g/mol. The molecular formula is C21H25NO2S. The van der Waals surface area contributed by atoms with Gasteiger partial charge in [0.05, 0.1) is 11.5 Å². The van der Waals surface area contributed by atoms with E-state index in [1.165, 1.54) is 5.56 Å². The van der Waals surface area contributed by atoms with Gasteiger partial charge >= 0.3 is 0 Å². The zero-order valence-corrected chi connectivity index (χ0v) is 15.8. The average molecular weight is 356 g/mol. The standard InChI is InChI=1S/C21H25NO2S/c1-5-7-20(24-6-2)21(18-12-8-16(3)9-13-18)22-25(23)19-14-10-17(4)11-15-19/h5,7-15,21-22H,1,6H2,2-4H3/b20-7+/t21-,25+/m1/s1. The molecule has 3 nitrogen and oxygen atoms in total.